The molecule has 0 saturated carbocycles. The number of piperidine rings is 1. The number of carbonyl (C=O) groups is 1. The Balaban J connectivity index is 1.33. The van der Waals surface area contributed by atoms with Crippen molar-refractivity contribution in [3.8, 4) is 0 Å². The Morgan fingerprint density at radius 3 is 3.00 bits per heavy atom. The van der Waals surface area contributed by atoms with Gasteiger partial charge in [-0.3, -0.25) is 4.98 Å². The monoisotopic (exact) mass is 380 g/mol. The molecule has 2 N–H and O–H groups in total. The first-order chi connectivity index (χ1) is 13.7. The molecule has 2 amide bonds. The van der Waals surface area contributed by atoms with Crippen LogP contribution in [0, 0.1) is 11.7 Å². The largest absolute Gasteiger partial charge is 0.356 e. The number of hydrogen-bond acceptors (Lipinski definition) is 5. The van der Waals surface area contributed by atoms with E-state index in [1.165, 1.54) is 12.1 Å². The van der Waals surface area contributed by atoms with Crippen LogP contribution in [0.3, 0.4) is 0 Å². The molecular weight excluding hydrogens is 359 g/mol. The molecule has 28 heavy (non-hydrogen) atoms. The molecule has 7 nitrogen and oxygen atoms in total. The van der Waals surface area contributed by atoms with E-state index < -0.39 is 0 Å². The van der Waals surface area contributed by atoms with Gasteiger partial charge in [0.1, 0.15) is 17.2 Å². The molecule has 3 heterocycles. The molecule has 0 aliphatic carbocycles. The third-order valence-electron chi connectivity index (χ3n) is 4.79. The molecule has 1 fully saturated rings. The number of rotatable bonds is 4. The van der Waals surface area contributed by atoms with E-state index in [0.29, 0.717) is 23.8 Å². The second-order valence-electron chi connectivity index (χ2n) is 6.87. The summed E-state index contributed by atoms with van der Waals surface area (Å²) in [6.45, 7) is 2.27. The minimum Gasteiger partial charge on any atom is -0.356 e. The third-order valence-corrected chi connectivity index (χ3v) is 4.79. The van der Waals surface area contributed by atoms with Crippen molar-refractivity contribution in [1.82, 2.24) is 20.3 Å². The number of aromatic nitrogens is 3. The lowest BCUT2D eigenvalue weighted by Crippen LogP contribution is -2.42. The van der Waals surface area contributed by atoms with Crippen LogP contribution in [-0.2, 0) is 0 Å². The molecule has 1 aliphatic rings. The molecule has 0 bridgehead atoms. The van der Waals surface area contributed by atoms with Gasteiger partial charge in [-0.2, -0.15) is 0 Å². The maximum absolute atomic E-state index is 13.2. The summed E-state index contributed by atoms with van der Waals surface area (Å²) in [6, 6.07) is 9.40. The number of hydrogen-bond donors (Lipinski definition) is 2. The maximum atomic E-state index is 13.2. The number of halogens is 1. The zero-order valence-electron chi connectivity index (χ0n) is 15.3. The highest BCUT2D eigenvalue weighted by Crippen LogP contribution is 2.22. The Morgan fingerprint density at radius 1 is 1.21 bits per heavy atom. The number of pyridine rings is 1. The number of fused-ring (bicyclic) bond motifs is 1. The first kappa shape index (κ1) is 18.1. The van der Waals surface area contributed by atoms with Crippen LogP contribution < -0.4 is 15.5 Å². The Labute approximate surface area is 162 Å². The predicted octanol–water partition coefficient (Wildman–Crippen LogP) is 3.20. The summed E-state index contributed by atoms with van der Waals surface area (Å²) < 4.78 is 13.2. The summed E-state index contributed by atoms with van der Waals surface area (Å²) >= 11 is 0. The normalized spacial score (nSPS) is 16.8. The Kier molecular flexibility index (Phi) is 5.27. The van der Waals surface area contributed by atoms with Crippen molar-refractivity contribution in [2.45, 2.75) is 12.8 Å². The van der Waals surface area contributed by atoms with Crippen molar-refractivity contribution in [3.63, 3.8) is 0 Å². The summed E-state index contributed by atoms with van der Waals surface area (Å²) in [6.07, 6.45) is 5.35. The van der Waals surface area contributed by atoms with E-state index in [0.717, 1.165) is 37.3 Å². The van der Waals surface area contributed by atoms with E-state index in [-0.39, 0.29) is 11.8 Å². The first-order valence-corrected chi connectivity index (χ1v) is 9.30. The summed E-state index contributed by atoms with van der Waals surface area (Å²) in [7, 11) is 0. The molecule has 144 valence electrons. The van der Waals surface area contributed by atoms with E-state index in [2.05, 4.69) is 30.5 Å². The van der Waals surface area contributed by atoms with Gasteiger partial charge in [-0.25, -0.2) is 19.2 Å². The lowest BCUT2D eigenvalue weighted by molar-refractivity contribution is 0.249. The van der Waals surface area contributed by atoms with E-state index >= 15 is 0 Å². The predicted molar refractivity (Wildman–Crippen MR) is 106 cm³/mol. The molecule has 1 aromatic carbocycles. The van der Waals surface area contributed by atoms with Gasteiger partial charge in [-0.15, -0.1) is 0 Å². The lowest BCUT2D eigenvalue weighted by atomic mass is 9.98. The number of amides is 2. The van der Waals surface area contributed by atoms with Crippen molar-refractivity contribution in [2.75, 3.05) is 29.9 Å². The standard InChI is InChI=1S/C20H21FN6O/c21-15-4-1-5-16(11-15)25-20(28)24-12-14-3-2-10-27(13-14)18-7-6-17-19(26-18)23-9-8-22-17/h1,4-9,11,14H,2-3,10,12-13H2,(H2,24,25,28). The molecule has 8 heteroatoms. The van der Waals surface area contributed by atoms with Gasteiger partial charge in [0.2, 0.25) is 0 Å². The van der Waals surface area contributed by atoms with Gasteiger partial charge in [-0.05, 0) is 49.1 Å². The highest BCUT2D eigenvalue weighted by molar-refractivity contribution is 5.89. The van der Waals surface area contributed by atoms with Gasteiger partial charge < -0.3 is 15.5 Å². The van der Waals surface area contributed by atoms with Crippen LogP contribution in [0.4, 0.5) is 20.7 Å². The van der Waals surface area contributed by atoms with Crippen LogP contribution in [0.25, 0.3) is 11.2 Å². The molecule has 0 spiro atoms. The third kappa shape index (κ3) is 4.33. The van der Waals surface area contributed by atoms with E-state index in [9.17, 15) is 9.18 Å². The highest BCUT2D eigenvalue weighted by Gasteiger charge is 2.21. The molecule has 1 unspecified atom stereocenters. The fraction of sp³-hybridized carbons (Fsp3) is 0.300. The van der Waals surface area contributed by atoms with E-state index in [1.54, 1.807) is 24.5 Å². The van der Waals surface area contributed by atoms with Gasteiger partial charge in [-0.1, -0.05) is 6.07 Å². The molecular formula is C20H21FN6O. The molecule has 4 rings (SSSR count). The minimum absolute atomic E-state index is 0.311. The number of nitrogens with one attached hydrogen (secondary N) is 2. The second kappa shape index (κ2) is 8.16. The van der Waals surface area contributed by atoms with Crippen molar-refractivity contribution in [3.05, 3.63) is 54.6 Å². The maximum Gasteiger partial charge on any atom is 0.319 e. The smallest absolute Gasteiger partial charge is 0.319 e. The number of urea groups is 1. The lowest BCUT2D eigenvalue weighted by Gasteiger charge is -2.33. The molecule has 0 radical (unpaired) electrons. The van der Waals surface area contributed by atoms with E-state index in [4.69, 9.17) is 0 Å². The minimum atomic E-state index is -0.381. The van der Waals surface area contributed by atoms with Gasteiger partial charge in [0.05, 0.1) is 0 Å². The molecule has 2 aromatic heterocycles. The topological polar surface area (TPSA) is 83.0 Å². The van der Waals surface area contributed by atoms with Gasteiger partial charge in [0.15, 0.2) is 5.65 Å². The fourth-order valence-corrected chi connectivity index (χ4v) is 3.44. The van der Waals surface area contributed by atoms with Crippen LogP contribution in [0.15, 0.2) is 48.8 Å². The summed E-state index contributed by atoms with van der Waals surface area (Å²) in [5.74, 6) is 0.807. The van der Waals surface area contributed by atoms with Crippen LogP contribution in [0.2, 0.25) is 0 Å². The Morgan fingerprint density at radius 2 is 2.11 bits per heavy atom. The van der Waals surface area contributed by atoms with Crippen LogP contribution >= 0.6 is 0 Å². The summed E-state index contributed by atoms with van der Waals surface area (Å²) in [5, 5.41) is 5.53. The molecule has 1 aliphatic heterocycles. The first-order valence-electron chi connectivity index (χ1n) is 9.30. The number of carbonyl (C=O) groups excluding carboxylic acids is 1. The average Bonchev–Trinajstić information content (AvgIpc) is 2.72. The highest BCUT2D eigenvalue weighted by atomic mass is 19.1. The van der Waals surface area contributed by atoms with Crippen molar-refractivity contribution >= 4 is 28.7 Å². The zero-order valence-corrected chi connectivity index (χ0v) is 15.3. The molecule has 3 aromatic rings. The summed E-state index contributed by atoms with van der Waals surface area (Å²) in [5.41, 5.74) is 1.84. The molecule has 1 atom stereocenters. The SMILES string of the molecule is O=C(NCC1CCCN(c2ccc3nccnc3n2)C1)Nc1cccc(F)c1. The van der Waals surface area contributed by atoms with Gasteiger partial charge >= 0.3 is 6.03 Å². The number of nitrogens with zero attached hydrogens (tertiary/aromatic N) is 4. The van der Waals surface area contributed by atoms with Crippen LogP contribution in [0.1, 0.15) is 12.8 Å². The Hall–Kier alpha value is -3.29. The van der Waals surface area contributed by atoms with Crippen molar-refractivity contribution in [1.29, 1.82) is 0 Å². The van der Waals surface area contributed by atoms with Crippen molar-refractivity contribution < 1.29 is 9.18 Å². The van der Waals surface area contributed by atoms with E-state index in [1.807, 2.05) is 12.1 Å². The second-order valence-corrected chi connectivity index (χ2v) is 6.87. The van der Waals surface area contributed by atoms with Gasteiger partial charge in [0.25, 0.3) is 0 Å². The average molecular weight is 380 g/mol. The fourth-order valence-electron chi connectivity index (χ4n) is 3.44. The number of benzene rings is 1. The number of anilines is 2. The van der Waals surface area contributed by atoms with Gasteiger partial charge in [0, 0.05) is 37.7 Å². The van der Waals surface area contributed by atoms with Crippen molar-refractivity contribution in [2.24, 2.45) is 5.92 Å². The Bertz CT molecular complexity index is 982. The molecule has 1 saturated heterocycles. The summed E-state index contributed by atoms with van der Waals surface area (Å²) in [4.78, 5) is 27.4. The zero-order chi connectivity index (χ0) is 19.3. The quantitative estimate of drug-likeness (QED) is 0.726. The van der Waals surface area contributed by atoms with Crippen LogP contribution in [-0.4, -0.2) is 40.6 Å². The van der Waals surface area contributed by atoms with Crippen LogP contribution in [0.5, 0.6) is 0 Å².